The van der Waals surface area contributed by atoms with Crippen molar-refractivity contribution in [2.45, 2.75) is 23.2 Å². The van der Waals surface area contributed by atoms with Crippen molar-refractivity contribution in [3.05, 3.63) is 58.4 Å². The largest absolute Gasteiger partial charge is 0.327 e. The zero-order chi connectivity index (χ0) is 13.8. The zero-order valence-corrected chi connectivity index (χ0v) is 12.8. The molecule has 2 unspecified atom stereocenters. The highest BCUT2D eigenvalue weighted by Gasteiger charge is 2.21. The molecule has 0 radical (unpaired) electrons. The topological polar surface area (TPSA) is 38.9 Å². The average Bonchev–Trinajstić information content (AvgIpc) is 2.39. The lowest BCUT2D eigenvalue weighted by atomic mass is 10.1. The normalized spacial score (nSPS) is 14.1. The molecule has 0 aliphatic carbocycles. The summed E-state index contributed by atoms with van der Waals surface area (Å²) in [6.07, 6.45) is 1.72. The van der Waals surface area contributed by atoms with E-state index in [1.807, 2.05) is 25.1 Å². The van der Waals surface area contributed by atoms with Crippen molar-refractivity contribution in [2.75, 3.05) is 0 Å². The second kappa shape index (κ2) is 6.50. The van der Waals surface area contributed by atoms with Crippen molar-refractivity contribution in [1.29, 1.82) is 0 Å². The highest BCUT2D eigenvalue weighted by Crippen LogP contribution is 2.37. The second-order valence-corrected chi connectivity index (χ2v) is 6.31. The lowest BCUT2D eigenvalue weighted by Gasteiger charge is -2.20. The highest BCUT2D eigenvalue weighted by atomic mass is 79.9. The summed E-state index contributed by atoms with van der Waals surface area (Å²) >= 11 is 4.82. The number of rotatable bonds is 4. The van der Waals surface area contributed by atoms with Gasteiger partial charge < -0.3 is 5.73 Å². The van der Waals surface area contributed by atoms with Crippen LogP contribution in [-0.2, 0) is 0 Å². The molecule has 0 saturated heterocycles. The minimum absolute atomic E-state index is 0.158. The summed E-state index contributed by atoms with van der Waals surface area (Å²) in [5.41, 5.74) is 6.61. The minimum Gasteiger partial charge on any atom is -0.327 e. The molecule has 0 amide bonds. The summed E-state index contributed by atoms with van der Waals surface area (Å²) in [6, 6.07) is 10.4. The van der Waals surface area contributed by atoms with E-state index in [9.17, 15) is 4.39 Å². The van der Waals surface area contributed by atoms with Crippen molar-refractivity contribution >= 4 is 27.7 Å². The van der Waals surface area contributed by atoms with E-state index >= 15 is 0 Å². The van der Waals surface area contributed by atoms with Crippen molar-refractivity contribution in [2.24, 2.45) is 5.73 Å². The molecule has 1 aromatic carbocycles. The lowest BCUT2D eigenvalue weighted by molar-refractivity contribution is 0.592. The quantitative estimate of drug-likeness (QED) is 0.849. The van der Waals surface area contributed by atoms with Crippen molar-refractivity contribution in [1.82, 2.24) is 4.98 Å². The van der Waals surface area contributed by atoms with Crippen LogP contribution in [0.4, 0.5) is 4.39 Å². The van der Waals surface area contributed by atoms with Gasteiger partial charge in [0.15, 0.2) is 0 Å². The van der Waals surface area contributed by atoms with E-state index in [4.69, 9.17) is 5.73 Å². The first-order valence-electron chi connectivity index (χ1n) is 5.86. The van der Waals surface area contributed by atoms with Crippen LogP contribution in [-0.4, -0.2) is 11.0 Å². The van der Waals surface area contributed by atoms with E-state index in [0.717, 1.165) is 9.50 Å². The minimum atomic E-state index is -0.227. The van der Waals surface area contributed by atoms with Crippen LogP contribution in [0.3, 0.4) is 0 Å². The van der Waals surface area contributed by atoms with E-state index in [1.165, 1.54) is 17.8 Å². The fourth-order valence-electron chi connectivity index (χ4n) is 1.72. The third-order valence-electron chi connectivity index (χ3n) is 2.64. The molecule has 2 rings (SSSR count). The zero-order valence-electron chi connectivity index (χ0n) is 10.4. The van der Waals surface area contributed by atoms with Crippen molar-refractivity contribution in [3.8, 4) is 0 Å². The number of aromatic nitrogens is 1. The number of nitrogens with two attached hydrogens (primary N) is 1. The van der Waals surface area contributed by atoms with Gasteiger partial charge in [-0.25, -0.2) is 9.37 Å². The Kier molecular flexibility index (Phi) is 4.96. The standard InChI is InChI=1S/C14H14BrFN2S/c1-9(17)14(11-4-2-3-5-12(11)16)19-13-7-6-10(15)8-18-13/h2-9,14H,17H2,1H3. The third kappa shape index (κ3) is 3.78. The Labute approximate surface area is 124 Å². The lowest BCUT2D eigenvalue weighted by Crippen LogP contribution is -2.23. The maximum absolute atomic E-state index is 13.9. The first-order valence-corrected chi connectivity index (χ1v) is 7.53. The Morgan fingerprint density at radius 3 is 2.58 bits per heavy atom. The Morgan fingerprint density at radius 1 is 1.26 bits per heavy atom. The third-order valence-corrected chi connectivity index (χ3v) is 4.53. The van der Waals surface area contributed by atoms with Gasteiger partial charge in [-0.05, 0) is 41.1 Å². The van der Waals surface area contributed by atoms with Crippen molar-refractivity contribution in [3.63, 3.8) is 0 Å². The predicted octanol–water partition coefficient (Wildman–Crippen LogP) is 4.16. The van der Waals surface area contributed by atoms with Gasteiger partial charge in [0.1, 0.15) is 5.82 Å². The SMILES string of the molecule is CC(N)C(Sc1ccc(Br)cn1)c1ccccc1F. The van der Waals surface area contributed by atoms with Gasteiger partial charge in [0.2, 0.25) is 0 Å². The molecule has 19 heavy (non-hydrogen) atoms. The molecule has 2 atom stereocenters. The maximum atomic E-state index is 13.9. The first kappa shape index (κ1) is 14.5. The Morgan fingerprint density at radius 2 is 2.00 bits per heavy atom. The molecule has 1 heterocycles. The van der Waals surface area contributed by atoms with E-state index in [0.29, 0.717) is 5.56 Å². The number of halogens is 2. The van der Waals surface area contributed by atoms with Crippen LogP contribution >= 0.6 is 27.7 Å². The molecule has 5 heteroatoms. The Balaban J connectivity index is 2.27. The summed E-state index contributed by atoms with van der Waals surface area (Å²) in [6.45, 7) is 1.88. The number of hydrogen-bond acceptors (Lipinski definition) is 3. The van der Waals surface area contributed by atoms with Gasteiger partial charge in [-0.1, -0.05) is 30.0 Å². The molecule has 2 N–H and O–H groups in total. The van der Waals surface area contributed by atoms with Crippen LogP contribution in [0.25, 0.3) is 0 Å². The molecular weight excluding hydrogens is 327 g/mol. The number of nitrogens with zero attached hydrogens (tertiary/aromatic N) is 1. The van der Waals surface area contributed by atoms with E-state index < -0.39 is 0 Å². The summed E-state index contributed by atoms with van der Waals surface area (Å²) < 4.78 is 14.8. The van der Waals surface area contributed by atoms with Gasteiger partial charge in [-0.3, -0.25) is 0 Å². The molecule has 2 nitrogen and oxygen atoms in total. The number of thioether (sulfide) groups is 1. The van der Waals surface area contributed by atoms with Crippen LogP contribution < -0.4 is 5.73 Å². The van der Waals surface area contributed by atoms with E-state index in [-0.39, 0.29) is 17.1 Å². The van der Waals surface area contributed by atoms with Gasteiger partial charge in [0.05, 0.1) is 10.3 Å². The van der Waals surface area contributed by atoms with E-state index in [1.54, 1.807) is 18.3 Å². The summed E-state index contributed by atoms with van der Waals surface area (Å²) in [7, 11) is 0. The van der Waals surface area contributed by atoms with Gasteiger partial charge in [0.25, 0.3) is 0 Å². The smallest absolute Gasteiger partial charge is 0.127 e. The van der Waals surface area contributed by atoms with Crippen LogP contribution in [0.1, 0.15) is 17.7 Å². The summed E-state index contributed by atoms with van der Waals surface area (Å²) in [5, 5.41) is 0.670. The van der Waals surface area contributed by atoms with Crippen LogP contribution in [0.15, 0.2) is 52.1 Å². The number of hydrogen-bond donors (Lipinski definition) is 1. The maximum Gasteiger partial charge on any atom is 0.127 e. The molecule has 0 aliphatic rings. The molecular formula is C14H14BrFN2S. The van der Waals surface area contributed by atoms with E-state index in [2.05, 4.69) is 20.9 Å². The van der Waals surface area contributed by atoms with Crippen LogP contribution in [0, 0.1) is 5.82 Å². The van der Waals surface area contributed by atoms with Gasteiger partial charge in [0, 0.05) is 22.3 Å². The van der Waals surface area contributed by atoms with Crippen LogP contribution in [0.2, 0.25) is 0 Å². The van der Waals surface area contributed by atoms with Gasteiger partial charge >= 0.3 is 0 Å². The first-order chi connectivity index (χ1) is 9.08. The van der Waals surface area contributed by atoms with Crippen LogP contribution in [0.5, 0.6) is 0 Å². The highest BCUT2D eigenvalue weighted by molar-refractivity contribution is 9.10. The second-order valence-electron chi connectivity index (χ2n) is 4.23. The fraction of sp³-hybridized carbons (Fsp3) is 0.214. The average molecular weight is 341 g/mol. The molecule has 0 aliphatic heterocycles. The summed E-state index contributed by atoms with van der Waals surface area (Å²) in [4.78, 5) is 4.29. The Bertz CT molecular complexity index is 545. The van der Waals surface area contributed by atoms with Crippen molar-refractivity contribution < 1.29 is 4.39 Å². The molecule has 1 aromatic heterocycles. The molecule has 0 saturated carbocycles. The molecule has 0 bridgehead atoms. The number of benzene rings is 1. The predicted molar refractivity (Wildman–Crippen MR) is 80.6 cm³/mol. The Hall–Kier alpha value is -0.910. The van der Waals surface area contributed by atoms with Gasteiger partial charge in [-0.15, -0.1) is 0 Å². The van der Waals surface area contributed by atoms with Gasteiger partial charge in [-0.2, -0.15) is 0 Å². The summed E-state index contributed by atoms with van der Waals surface area (Å²) in [5.74, 6) is -0.227. The molecule has 0 fully saturated rings. The molecule has 0 spiro atoms. The number of pyridine rings is 1. The fourth-order valence-corrected chi connectivity index (χ4v) is 3.01. The molecule has 100 valence electrons. The monoisotopic (exact) mass is 340 g/mol. The molecule has 2 aromatic rings.